The molecule has 188 valence electrons. The zero-order valence-corrected chi connectivity index (χ0v) is 21.4. The molecule has 0 radical (unpaired) electrons. The van der Waals surface area contributed by atoms with Crippen molar-refractivity contribution in [2.75, 3.05) is 5.32 Å². The van der Waals surface area contributed by atoms with Crippen LogP contribution < -0.4 is 5.32 Å². The molecule has 7 rings (SSSR count). The van der Waals surface area contributed by atoms with Gasteiger partial charge in [-0.15, -0.1) is 0 Å². The number of hydrogen-bond acceptors (Lipinski definition) is 6. The van der Waals surface area contributed by atoms with E-state index in [4.69, 9.17) is 0 Å². The molecule has 1 aromatic carbocycles. The number of fused-ring (bicyclic) bond motifs is 2. The van der Waals surface area contributed by atoms with Gasteiger partial charge in [0, 0.05) is 57.0 Å². The second kappa shape index (κ2) is 9.62. The van der Waals surface area contributed by atoms with Gasteiger partial charge < -0.3 is 10.3 Å². The van der Waals surface area contributed by atoms with Gasteiger partial charge in [0.15, 0.2) is 5.65 Å². The summed E-state index contributed by atoms with van der Waals surface area (Å²) in [5, 5.41) is 16.6. The highest BCUT2D eigenvalue weighted by Crippen LogP contribution is 2.34. The summed E-state index contributed by atoms with van der Waals surface area (Å²) in [6, 6.07) is 19.7. The van der Waals surface area contributed by atoms with Crippen molar-refractivity contribution < 1.29 is 4.79 Å². The first-order valence-corrected chi connectivity index (χ1v) is 13.3. The second-order valence-corrected chi connectivity index (χ2v) is 9.96. The Hall–Kier alpha value is -5.15. The molecule has 0 unspecified atom stereocenters. The first-order valence-electron chi connectivity index (χ1n) is 12.4. The summed E-state index contributed by atoms with van der Waals surface area (Å²) in [5.41, 5.74) is 8.65. The summed E-state index contributed by atoms with van der Waals surface area (Å²) in [6.45, 7) is 0. The van der Waals surface area contributed by atoms with Gasteiger partial charge in [-0.25, -0.2) is 4.98 Å². The minimum Gasteiger partial charge on any atom is -0.353 e. The predicted molar refractivity (Wildman–Crippen MR) is 154 cm³/mol. The van der Waals surface area contributed by atoms with Crippen LogP contribution in [-0.4, -0.2) is 36.0 Å². The first kappa shape index (κ1) is 23.0. The summed E-state index contributed by atoms with van der Waals surface area (Å²) in [7, 11) is 0. The number of thiophene rings is 1. The highest BCUT2D eigenvalue weighted by atomic mass is 32.1. The number of hydrogen-bond donors (Lipinski definition) is 3. The molecule has 8 nitrogen and oxygen atoms in total. The van der Waals surface area contributed by atoms with Crippen LogP contribution in [0.2, 0.25) is 0 Å². The van der Waals surface area contributed by atoms with Crippen molar-refractivity contribution in [2.24, 2.45) is 0 Å². The van der Waals surface area contributed by atoms with Crippen LogP contribution in [0.5, 0.6) is 0 Å². The molecule has 0 saturated carbocycles. The predicted octanol–water partition coefficient (Wildman–Crippen LogP) is 6.47. The van der Waals surface area contributed by atoms with Gasteiger partial charge in [0.2, 0.25) is 5.91 Å². The number of pyridine rings is 3. The van der Waals surface area contributed by atoms with E-state index in [0.29, 0.717) is 17.8 Å². The van der Waals surface area contributed by atoms with Gasteiger partial charge in [-0.05, 0) is 41.3 Å². The highest BCUT2D eigenvalue weighted by Gasteiger charge is 2.16. The molecule has 0 fully saturated rings. The van der Waals surface area contributed by atoms with Crippen LogP contribution in [0.15, 0.2) is 96.2 Å². The molecular weight excluding hydrogens is 506 g/mol. The zero-order chi connectivity index (χ0) is 26.2. The van der Waals surface area contributed by atoms with Gasteiger partial charge in [0.05, 0.1) is 29.7 Å². The van der Waals surface area contributed by atoms with Crippen molar-refractivity contribution in [3.63, 3.8) is 0 Å². The Morgan fingerprint density at radius 3 is 2.64 bits per heavy atom. The van der Waals surface area contributed by atoms with Crippen LogP contribution in [0.1, 0.15) is 5.56 Å². The van der Waals surface area contributed by atoms with Crippen LogP contribution in [0.4, 0.5) is 5.69 Å². The van der Waals surface area contributed by atoms with E-state index in [1.807, 2.05) is 54.7 Å². The average molecular weight is 528 g/mol. The van der Waals surface area contributed by atoms with Crippen molar-refractivity contribution in [2.45, 2.75) is 6.42 Å². The smallest absolute Gasteiger partial charge is 0.228 e. The topological polar surface area (TPSA) is 112 Å². The summed E-state index contributed by atoms with van der Waals surface area (Å²) < 4.78 is 0. The van der Waals surface area contributed by atoms with Crippen molar-refractivity contribution in [3.8, 4) is 33.8 Å². The number of anilines is 1. The number of carbonyl (C=O) groups excluding carboxylic acids is 1. The Balaban J connectivity index is 1.21. The van der Waals surface area contributed by atoms with Gasteiger partial charge in [-0.2, -0.15) is 16.4 Å². The minimum atomic E-state index is -0.0963. The molecule has 9 heteroatoms. The number of benzene rings is 1. The van der Waals surface area contributed by atoms with Crippen LogP contribution >= 0.6 is 11.3 Å². The highest BCUT2D eigenvalue weighted by molar-refractivity contribution is 7.08. The lowest BCUT2D eigenvalue weighted by molar-refractivity contribution is -0.115. The molecule has 1 amide bonds. The largest absolute Gasteiger partial charge is 0.353 e. The lowest BCUT2D eigenvalue weighted by Crippen LogP contribution is -2.14. The van der Waals surface area contributed by atoms with E-state index < -0.39 is 0 Å². The molecule has 0 aliphatic rings. The van der Waals surface area contributed by atoms with E-state index in [2.05, 4.69) is 58.3 Å². The molecule has 0 saturated heterocycles. The maximum Gasteiger partial charge on any atom is 0.228 e. The molecule has 0 spiro atoms. The number of aromatic amines is 2. The summed E-state index contributed by atoms with van der Waals surface area (Å²) in [6.07, 6.45) is 7.30. The van der Waals surface area contributed by atoms with Gasteiger partial charge in [-0.1, -0.05) is 30.3 Å². The standard InChI is InChI=1S/C30H21N7OS/c38-27(10-18-4-2-1-3-5-18)34-22-11-20(14-31-16-22)21-12-24-29(36-37-30(24)33-15-21)26-13-23-25(35-26)6-8-32-28(23)19-7-9-39-17-19/h1-9,11-17,35H,10H2,(H,34,38)(H,33,36,37). The SMILES string of the molecule is O=C(Cc1ccccc1)Nc1cncc(-c2cnc3[nH]nc(-c4cc5c(-c6ccsc6)nccc5[nH]4)c3c2)c1. The van der Waals surface area contributed by atoms with Crippen molar-refractivity contribution in [1.29, 1.82) is 0 Å². The number of amides is 1. The summed E-state index contributed by atoms with van der Waals surface area (Å²) >= 11 is 1.65. The molecule has 0 atom stereocenters. The molecule has 6 heterocycles. The Morgan fingerprint density at radius 2 is 1.77 bits per heavy atom. The lowest BCUT2D eigenvalue weighted by atomic mass is 10.1. The van der Waals surface area contributed by atoms with Crippen molar-refractivity contribution in [1.82, 2.24) is 30.1 Å². The summed E-state index contributed by atoms with van der Waals surface area (Å²) in [4.78, 5) is 29.6. The van der Waals surface area contributed by atoms with E-state index in [-0.39, 0.29) is 5.91 Å². The summed E-state index contributed by atoms with van der Waals surface area (Å²) in [5.74, 6) is -0.0963. The third-order valence-corrected chi connectivity index (χ3v) is 7.26. The Kier molecular flexibility index (Phi) is 5.68. The monoisotopic (exact) mass is 527 g/mol. The Morgan fingerprint density at radius 1 is 0.872 bits per heavy atom. The minimum absolute atomic E-state index is 0.0963. The number of H-pyrrole nitrogens is 2. The second-order valence-electron chi connectivity index (χ2n) is 9.18. The number of carbonyl (C=O) groups is 1. The van der Waals surface area contributed by atoms with Crippen molar-refractivity contribution in [3.05, 3.63) is 102 Å². The van der Waals surface area contributed by atoms with E-state index in [1.54, 1.807) is 29.9 Å². The molecule has 39 heavy (non-hydrogen) atoms. The van der Waals surface area contributed by atoms with E-state index >= 15 is 0 Å². The van der Waals surface area contributed by atoms with Gasteiger partial charge >= 0.3 is 0 Å². The Bertz CT molecular complexity index is 1940. The van der Waals surface area contributed by atoms with Crippen LogP contribution in [0.25, 0.3) is 55.7 Å². The van der Waals surface area contributed by atoms with Gasteiger partial charge in [-0.3, -0.25) is 19.9 Å². The maximum absolute atomic E-state index is 12.6. The first-order chi connectivity index (χ1) is 19.2. The quantitative estimate of drug-likeness (QED) is 0.229. The number of nitrogens with one attached hydrogen (secondary N) is 3. The third-order valence-electron chi connectivity index (χ3n) is 6.58. The van der Waals surface area contributed by atoms with Crippen molar-refractivity contribution >= 4 is 44.9 Å². The molecule has 6 aromatic heterocycles. The fourth-order valence-electron chi connectivity index (χ4n) is 4.73. The zero-order valence-electron chi connectivity index (χ0n) is 20.6. The molecule has 7 aromatic rings. The van der Waals surface area contributed by atoms with E-state index in [0.717, 1.165) is 55.6 Å². The normalized spacial score (nSPS) is 11.3. The fourth-order valence-corrected chi connectivity index (χ4v) is 5.37. The van der Waals surface area contributed by atoms with E-state index in [9.17, 15) is 4.79 Å². The molecule has 0 aliphatic heterocycles. The lowest BCUT2D eigenvalue weighted by Gasteiger charge is -2.07. The Labute approximate surface area is 226 Å². The molecule has 0 aliphatic carbocycles. The number of aromatic nitrogens is 6. The van der Waals surface area contributed by atoms with Crippen LogP contribution in [0.3, 0.4) is 0 Å². The van der Waals surface area contributed by atoms with Crippen LogP contribution in [0, 0.1) is 0 Å². The van der Waals surface area contributed by atoms with Gasteiger partial charge in [0.1, 0.15) is 5.69 Å². The number of nitrogens with zero attached hydrogens (tertiary/aromatic N) is 4. The third kappa shape index (κ3) is 4.45. The molecule has 3 N–H and O–H groups in total. The molecular formula is C30H21N7OS. The molecule has 0 bridgehead atoms. The van der Waals surface area contributed by atoms with E-state index in [1.165, 1.54) is 0 Å². The maximum atomic E-state index is 12.6. The van der Waals surface area contributed by atoms with Crippen LogP contribution in [-0.2, 0) is 11.2 Å². The van der Waals surface area contributed by atoms with Gasteiger partial charge in [0.25, 0.3) is 0 Å². The number of rotatable bonds is 6. The average Bonchev–Trinajstić information content (AvgIpc) is 3.73. The fraction of sp³-hybridized carbons (Fsp3) is 0.0333.